The van der Waals surface area contributed by atoms with Crippen LogP contribution >= 0.6 is 11.6 Å². The molecule has 5 nitrogen and oxygen atoms in total. The lowest BCUT2D eigenvalue weighted by molar-refractivity contribution is -0.123. The number of hydrogen-bond acceptors (Lipinski definition) is 3. The molecule has 5 rings (SSSR count). The Hall–Kier alpha value is -3.18. The van der Waals surface area contributed by atoms with Crippen LogP contribution in [0.2, 0.25) is 5.02 Å². The van der Waals surface area contributed by atoms with Crippen LogP contribution in [0.3, 0.4) is 0 Å². The number of hydrogen-bond donors (Lipinski definition) is 1. The first-order valence-electron chi connectivity index (χ1n) is 10.5. The summed E-state index contributed by atoms with van der Waals surface area (Å²) in [6.45, 7) is 1.10. The largest absolute Gasteiger partial charge is 0.353 e. The van der Waals surface area contributed by atoms with Crippen molar-refractivity contribution in [2.75, 3.05) is 19.6 Å². The Morgan fingerprint density at radius 2 is 1.90 bits per heavy atom. The molecule has 1 aliphatic carbocycles. The third kappa shape index (κ3) is 3.81. The number of nitrogens with one attached hydrogen (secondary N) is 1. The summed E-state index contributed by atoms with van der Waals surface area (Å²) in [6, 6.07) is 15.5. The zero-order valence-electron chi connectivity index (χ0n) is 17.0. The predicted molar refractivity (Wildman–Crippen MR) is 123 cm³/mol. The number of piperazine rings is 1. The average Bonchev–Trinajstić information content (AvgIpc) is 2.79. The molecule has 1 saturated heterocycles. The van der Waals surface area contributed by atoms with Gasteiger partial charge in [0.05, 0.1) is 23.3 Å². The van der Waals surface area contributed by atoms with Crippen molar-refractivity contribution in [2.24, 2.45) is 0 Å². The normalized spacial score (nSPS) is 17.5. The molecular formula is C25H22ClN3O2. The number of halogens is 1. The molecule has 31 heavy (non-hydrogen) atoms. The Labute approximate surface area is 185 Å². The zero-order chi connectivity index (χ0) is 21.4. The number of pyridine rings is 1. The van der Waals surface area contributed by atoms with Crippen molar-refractivity contribution >= 4 is 46.0 Å². The summed E-state index contributed by atoms with van der Waals surface area (Å²) in [5.41, 5.74) is 5.56. The molecule has 0 atom stereocenters. The summed E-state index contributed by atoms with van der Waals surface area (Å²) in [4.78, 5) is 32.1. The number of fused-ring (bicyclic) bond motifs is 2. The van der Waals surface area contributed by atoms with E-state index in [0.29, 0.717) is 23.7 Å². The summed E-state index contributed by atoms with van der Waals surface area (Å²) in [6.07, 6.45) is 4.79. The van der Waals surface area contributed by atoms with Gasteiger partial charge in [0.1, 0.15) is 0 Å². The molecule has 0 bridgehead atoms. The Kier molecular flexibility index (Phi) is 5.20. The summed E-state index contributed by atoms with van der Waals surface area (Å²) >= 11 is 6.04. The molecule has 6 heteroatoms. The van der Waals surface area contributed by atoms with Gasteiger partial charge in [0.15, 0.2) is 0 Å². The second-order valence-electron chi connectivity index (χ2n) is 7.98. The highest BCUT2D eigenvalue weighted by molar-refractivity contribution is 6.30. The zero-order valence-corrected chi connectivity index (χ0v) is 17.8. The third-order valence-electron chi connectivity index (χ3n) is 5.92. The van der Waals surface area contributed by atoms with Crippen molar-refractivity contribution in [3.05, 3.63) is 75.9 Å². The highest BCUT2D eigenvalue weighted by Gasteiger charge is 2.29. The molecule has 1 aliphatic heterocycles. The molecule has 0 spiro atoms. The fourth-order valence-electron chi connectivity index (χ4n) is 4.45. The van der Waals surface area contributed by atoms with E-state index in [1.165, 1.54) is 0 Å². The summed E-state index contributed by atoms with van der Waals surface area (Å²) in [5.74, 6) is -0.201. The molecule has 2 heterocycles. The highest BCUT2D eigenvalue weighted by atomic mass is 35.5. The van der Waals surface area contributed by atoms with Gasteiger partial charge in [-0.3, -0.25) is 9.59 Å². The number of benzene rings is 2. The molecule has 1 N–H and O–H groups in total. The van der Waals surface area contributed by atoms with Crippen LogP contribution in [0.5, 0.6) is 0 Å². The van der Waals surface area contributed by atoms with Gasteiger partial charge in [-0.05, 0) is 60.2 Å². The summed E-state index contributed by atoms with van der Waals surface area (Å²) < 4.78 is 0. The van der Waals surface area contributed by atoms with Crippen LogP contribution in [0.4, 0.5) is 0 Å². The predicted octanol–water partition coefficient (Wildman–Crippen LogP) is 4.34. The number of aromatic nitrogens is 1. The molecule has 0 unspecified atom stereocenters. The van der Waals surface area contributed by atoms with Gasteiger partial charge < -0.3 is 10.2 Å². The van der Waals surface area contributed by atoms with E-state index in [1.54, 1.807) is 4.90 Å². The quantitative estimate of drug-likeness (QED) is 0.656. The lowest BCUT2D eigenvalue weighted by Crippen LogP contribution is -2.50. The lowest BCUT2D eigenvalue weighted by atomic mass is 9.85. The first-order chi connectivity index (χ1) is 15.1. The Morgan fingerprint density at radius 3 is 2.71 bits per heavy atom. The molecule has 1 aromatic heterocycles. The van der Waals surface area contributed by atoms with Gasteiger partial charge in [0, 0.05) is 23.5 Å². The van der Waals surface area contributed by atoms with Gasteiger partial charge in [0.25, 0.3) is 5.91 Å². The average molecular weight is 432 g/mol. The standard InChI is InChI=1S/C25H22ClN3O2/c26-18-10-8-16(9-11-18)14-17-4-3-6-20-23(25(31)29-13-12-27-22(30)15-29)19-5-1-2-7-21(19)28-24(17)20/h1-2,5,7-11,14H,3-4,6,12-13,15H2,(H,27,30)/b17-14+. The van der Waals surface area contributed by atoms with Crippen LogP contribution in [0.15, 0.2) is 48.5 Å². The van der Waals surface area contributed by atoms with Gasteiger partial charge in [0.2, 0.25) is 5.91 Å². The number of nitrogens with zero attached hydrogens (tertiary/aromatic N) is 2. The molecule has 2 amide bonds. The minimum atomic E-state index is -0.116. The van der Waals surface area contributed by atoms with Crippen LogP contribution in [-0.2, 0) is 11.2 Å². The van der Waals surface area contributed by atoms with E-state index in [1.807, 2.05) is 48.5 Å². The first kappa shape index (κ1) is 19.8. The number of para-hydroxylation sites is 1. The smallest absolute Gasteiger partial charge is 0.255 e. The van der Waals surface area contributed by atoms with Crippen molar-refractivity contribution in [3.63, 3.8) is 0 Å². The van der Waals surface area contributed by atoms with Gasteiger partial charge in [-0.25, -0.2) is 4.98 Å². The second kappa shape index (κ2) is 8.16. The van der Waals surface area contributed by atoms with Crippen LogP contribution in [0, 0.1) is 0 Å². The molecule has 156 valence electrons. The molecule has 0 radical (unpaired) electrons. The van der Waals surface area contributed by atoms with E-state index in [9.17, 15) is 9.59 Å². The Balaban J connectivity index is 1.66. The van der Waals surface area contributed by atoms with Gasteiger partial charge >= 0.3 is 0 Å². The van der Waals surface area contributed by atoms with E-state index in [-0.39, 0.29) is 18.4 Å². The van der Waals surface area contributed by atoms with Gasteiger partial charge in [-0.1, -0.05) is 41.9 Å². The van der Waals surface area contributed by atoms with Crippen molar-refractivity contribution < 1.29 is 9.59 Å². The molecule has 3 aromatic rings. The monoisotopic (exact) mass is 431 g/mol. The van der Waals surface area contributed by atoms with Crippen LogP contribution in [0.25, 0.3) is 22.6 Å². The number of amides is 2. The van der Waals surface area contributed by atoms with Crippen molar-refractivity contribution in [3.8, 4) is 0 Å². The van der Waals surface area contributed by atoms with Crippen molar-refractivity contribution in [1.82, 2.24) is 15.2 Å². The minimum absolute atomic E-state index is 0.0857. The number of rotatable bonds is 2. The number of carbonyl (C=O) groups excluding carboxylic acids is 2. The molecule has 2 aliphatic rings. The maximum Gasteiger partial charge on any atom is 0.255 e. The fraction of sp³-hybridized carbons (Fsp3) is 0.240. The Bertz CT molecular complexity index is 1220. The van der Waals surface area contributed by atoms with Crippen LogP contribution < -0.4 is 5.32 Å². The molecule has 0 saturated carbocycles. The topological polar surface area (TPSA) is 62.3 Å². The van der Waals surface area contributed by atoms with Crippen molar-refractivity contribution in [1.29, 1.82) is 0 Å². The van der Waals surface area contributed by atoms with Crippen LogP contribution in [0.1, 0.15) is 40.0 Å². The van der Waals surface area contributed by atoms with Crippen molar-refractivity contribution in [2.45, 2.75) is 19.3 Å². The van der Waals surface area contributed by atoms with E-state index in [2.05, 4.69) is 11.4 Å². The lowest BCUT2D eigenvalue weighted by Gasteiger charge is -2.29. The van der Waals surface area contributed by atoms with E-state index >= 15 is 0 Å². The highest BCUT2D eigenvalue weighted by Crippen LogP contribution is 2.36. The molecule has 1 fully saturated rings. The molecular weight excluding hydrogens is 410 g/mol. The summed E-state index contributed by atoms with van der Waals surface area (Å²) in [7, 11) is 0. The third-order valence-corrected chi connectivity index (χ3v) is 6.17. The number of carbonyl (C=O) groups is 2. The maximum absolute atomic E-state index is 13.6. The Morgan fingerprint density at radius 1 is 1.10 bits per heavy atom. The SMILES string of the molecule is O=C1CN(C(=O)c2c3c(nc4ccccc24)/C(=C/c2ccc(Cl)cc2)CCC3)CCN1. The number of allylic oxidation sites excluding steroid dienone is 1. The maximum atomic E-state index is 13.6. The second-order valence-corrected chi connectivity index (χ2v) is 8.42. The van der Waals surface area contributed by atoms with Gasteiger partial charge in [-0.2, -0.15) is 0 Å². The fourth-order valence-corrected chi connectivity index (χ4v) is 4.58. The minimum Gasteiger partial charge on any atom is -0.353 e. The first-order valence-corrected chi connectivity index (χ1v) is 10.9. The van der Waals surface area contributed by atoms with Crippen LogP contribution in [-0.4, -0.2) is 41.3 Å². The van der Waals surface area contributed by atoms with Gasteiger partial charge in [-0.15, -0.1) is 0 Å². The van der Waals surface area contributed by atoms with E-state index < -0.39 is 0 Å². The van der Waals surface area contributed by atoms with E-state index in [0.717, 1.165) is 52.6 Å². The molecule has 2 aromatic carbocycles. The van der Waals surface area contributed by atoms with E-state index in [4.69, 9.17) is 16.6 Å². The summed E-state index contributed by atoms with van der Waals surface area (Å²) in [5, 5.41) is 4.35.